The Hall–Kier alpha value is 0.500. The van der Waals surface area contributed by atoms with Crippen LogP contribution in [0.3, 0.4) is 0 Å². The van der Waals surface area contributed by atoms with Gasteiger partial charge in [0, 0.05) is 18.6 Å². The molecule has 1 aliphatic rings. The quantitative estimate of drug-likeness (QED) is 0.528. The summed E-state index contributed by atoms with van der Waals surface area (Å²) in [5, 5.41) is 3.13. The van der Waals surface area contributed by atoms with E-state index in [1.807, 2.05) is 0 Å². The summed E-state index contributed by atoms with van der Waals surface area (Å²) in [6.07, 6.45) is 0. The molecule has 52 valence electrons. The van der Waals surface area contributed by atoms with Crippen LogP contribution in [0.5, 0.6) is 0 Å². The van der Waals surface area contributed by atoms with Crippen molar-refractivity contribution in [2.75, 3.05) is 6.54 Å². The molecule has 8 heavy (non-hydrogen) atoms. The van der Waals surface area contributed by atoms with E-state index in [9.17, 15) is 0 Å². The lowest BCUT2D eigenvalue weighted by Gasteiger charge is -2.31. The lowest BCUT2D eigenvalue weighted by atomic mass is 10.0. The maximum atomic E-state index is 5.46. The van der Waals surface area contributed by atoms with Gasteiger partial charge in [-0.3, -0.25) is 0 Å². The van der Waals surface area contributed by atoms with Crippen molar-refractivity contribution in [1.82, 2.24) is 5.32 Å². The first-order valence-electron chi connectivity index (χ1n) is 2.29. The number of halogens is 2. The predicted molar refractivity (Wildman–Crippen MR) is 39.9 cm³/mol. The van der Waals surface area contributed by atoms with Crippen LogP contribution in [0.1, 0.15) is 6.92 Å². The van der Waals surface area contributed by atoms with Crippen molar-refractivity contribution >= 4 is 24.8 Å². The molecule has 0 saturated carbocycles. The number of hydrogen-bond acceptors (Lipinski definition) is 2. The van der Waals surface area contributed by atoms with Gasteiger partial charge in [-0.2, -0.15) is 0 Å². The molecule has 0 bridgehead atoms. The molecule has 3 N–H and O–H groups in total. The molecule has 0 aromatic heterocycles. The zero-order chi connectivity index (χ0) is 4.57. The highest BCUT2D eigenvalue weighted by atomic mass is 35.5. The zero-order valence-corrected chi connectivity index (χ0v) is 6.39. The molecule has 0 spiro atoms. The van der Waals surface area contributed by atoms with E-state index >= 15 is 0 Å². The second-order valence-electron chi connectivity index (χ2n) is 1.86. The standard InChI is InChI=1S/C4H10N2.2ClH/c1-3-4(5)2-6-3;;/h3-4,6H,2,5H2,1H3;2*1H/t3-,4+;;/m1../s1. The fourth-order valence-corrected chi connectivity index (χ4v) is 0.490. The molecule has 0 radical (unpaired) electrons. The molecule has 0 aliphatic carbocycles. The molecule has 1 rings (SSSR count). The first kappa shape index (κ1) is 11.3. The second-order valence-corrected chi connectivity index (χ2v) is 1.86. The second kappa shape index (κ2) is 4.39. The zero-order valence-electron chi connectivity index (χ0n) is 4.76. The van der Waals surface area contributed by atoms with Crippen molar-refractivity contribution in [3.63, 3.8) is 0 Å². The van der Waals surface area contributed by atoms with Gasteiger partial charge in [-0.05, 0) is 6.92 Å². The van der Waals surface area contributed by atoms with Crippen LogP contribution in [0.15, 0.2) is 0 Å². The van der Waals surface area contributed by atoms with Gasteiger partial charge < -0.3 is 11.1 Å². The van der Waals surface area contributed by atoms with E-state index in [1.165, 1.54) is 0 Å². The average Bonchev–Trinajstić information content (AvgIpc) is 1.61. The summed E-state index contributed by atoms with van der Waals surface area (Å²) in [7, 11) is 0. The summed E-state index contributed by atoms with van der Waals surface area (Å²) >= 11 is 0. The molecule has 2 atom stereocenters. The van der Waals surface area contributed by atoms with Crippen LogP contribution in [0.4, 0.5) is 0 Å². The van der Waals surface area contributed by atoms with Gasteiger partial charge in [0.05, 0.1) is 0 Å². The van der Waals surface area contributed by atoms with Crippen LogP contribution in [-0.2, 0) is 0 Å². The van der Waals surface area contributed by atoms with E-state index < -0.39 is 0 Å². The van der Waals surface area contributed by atoms with Gasteiger partial charge in [0.2, 0.25) is 0 Å². The number of hydrogen-bond donors (Lipinski definition) is 2. The van der Waals surface area contributed by atoms with E-state index in [2.05, 4.69) is 12.2 Å². The SMILES string of the molecule is C[C@H]1NC[C@@H]1N.Cl.Cl. The molecule has 1 aliphatic heterocycles. The van der Waals surface area contributed by atoms with Crippen molar-refractivity contribution in [3.05, 3.63) is 0 Å². The predicted octanol–water partition coefficient (Wildman–Crippen LogP) is 0.149. The minimum atomic E-state index is 0. The molecule has 1 heterocycles. The van der Waals surface area contributed by atoms with Gasteiger partial charge in [0.25, 0.3) is 0 Å². The Kier molecular flexibility index (Phi) is 6.20. The van der Waals surface area contributed by atoms with Crippen LogP contribution in [-0.4, -0.2) is 18.6 Å². The topological polar surface area (TPSA) is 38.0 Å². The molecule has 1 fully saturated rings. The van der Waals surface area contributed by atoms with Gasteiger partial charge in [-0.15, -0.1) is 24.8 Å². The van der Waals surface area contributed by atoms with E-state index in [1.54, 1.807) is 0 Å². The Labute approximate surface area is 62.0 Å². The highest BCUT2D eigenvalue weighted by Crippen LogP contribution is 1.96. The Morgan fingerprint density at radius 3 is 1.88 bits per heavy atom. The Balaban J connectivity index is 0. The van der Waals surface area contributed by atoms with Crippen molar-refractivity contribution < 1.29 is 0 Å². The first-order chi connectivity index (χ1) is 2.80. The molecule has 0 aromatic carbocycles. The van der Waals surface area contributed by atoms with Crippen molar-refractivity contribution in [3.8, 4) is 0 Å². The fourth-order valence-electron chi connectivity index (χ4n) is 0.490. The molecule has 0 unspecified atom stereocenters. The van der Waals surface area contributed by atoms with Crippen LogP contribution in [0.25, 0.3) is 0 Å². The summed E-state index contributed by atoms with van der Waals surface area (Å²) < 4.78 is 0. The van der Waals surface area contributed by atoms with E-state index in [0.717, 1.165) is 6.54 Å². The minimum absolute atomic E-state index is 0. The van der Waals surface area contributed by atoms with Crippen LogP contribution in [0.2, 0.25) is 0 Å². The Bertz CT molecular complexity index is 52.0. The van der Waals surface area contributed by atoms with Gasteiger partial charge in [-0.25, -0.2) is 0 Å². The number of nitrogens with one attached hydrogen (secondary N) is 1. The van der Waals surface area contributed by atoms with E-state index in [-0.39, 0.29) is 24.8 Å². The minimum Gasteiger partial charge on any atom is -0.325 e. The summed E-state index contributed by atoms with van der Waals surface area (Å²) in [5.74, 6) is 0. The first-order valence-corrected chi connectivity index (χ1v) is 2.29. The lowest BCUT2D eigenvalue weighted by molar-refractivity contribution is 0.335. The van der Waals surface area contributed by atoms with Gasteiger partial charge in [0.15, 0.2) is 0 Å². The van der Waals surface area contributed by atoms with Crippen molar-refractivity contribution in [2.45, 2.75) is 19.0 Å². The fraction of sp³-hybridized carbons (Fsp3) is 1.00. The molecule has 0 aromatic rings. The molecular weight excluding hydrogens is 147 g/mol. The smallest absolute Gasteiger partial charge is 0.0318 e. The maximum Gasteiger partial charge on any atom is 0.0318 e. The third-order valence-electron chi connectivity index (χ3n) is 1.32. The average molecular weight is 159 g/mol. The largest absolute Gasteiger partial charge is 0.325 e. The summed E-state index contributed by atoms with van der Waals surface area (Å²) in [6.45, 7) is 3.09. The molecule has 2 nitrogen and oxygen atoms in total. The van der Waals surface area contributed by atoms with Crippen molar-refractivity contribution in [1.29, 1.82) is 0 Å². The van der Waals surface area contributed by atoms with Crippen LogP contribution < -0.4 is 11.1 Å². The lowest BCUT2D eigenvalue weighted by Crippen LogP contribution is -2.60. The highest BCUT2D eigenvalue weighted by molar-refractivity contribution is 5.85. The summed E-state index contributed by atoms with van der Waals surface area (Å²) in [4.78, 5) is 0. The number of nitrogens with two attached hydrogens (primary N) is 1. The monoisotopic (exact) mass is 158 g/mol. The highest BCUT2D eigenvalue weighted by Gasteiger charge is 2.20. The van der Waals surface area contributed by atoms with Crippen molar-refractivity contribution in [2.24, 2.45) is 5.73 Å². The molecule has 1 saturated heterocycles. The molecular formula is C4H12Cl2N2. The van der Waals surface area contributed by atoms with Crippen LogP contribution in [0, 0.1) is 0 Å². The van der Waals surface area contributed by atoms with Gasteiger partial charge in [-0.1, -0.05) is 0 Å². The third kappa shape index (κ3) is 2.18. The normalized spacial score (nSPS) is 33.8. The number of rotatable bonds is 0. The van der Waals surface area contributed by atoms with Gasteiger partial charge >= 0.3 is 0 Å². The Morgan fingerprint density at radius 2 is 1.88 bits per heavy atom. The molecule has 0 amide bonds. The third-order valence-corrected chi connectivity index (χ3v) is 1.32. The van der Waals surface area contributed by atoms with Gasteiger partial charge in [0.1, 0.15) is 0 Å². The summed E-state index contributed by atoms with van der Waals surface area (Å²) in [5.41, 5.74) is 5.46. The Morgan fingerprint density at radius 1 is 1.50 bits per heavy atom. The van der Waals surface area contributed by atoms with E-state index in [4.69, 9.17) is 5.73 Å². The summed E-state index contributed by atoms with van der Waals surface area (Å²) in [6, 6.07) is 0.981. The maximum absolute atomic E-state index is 5.46. The van der Waals surface area contributed by atoms with Crippen LogP contribution >= 0.6 is 24.8 Å². The molecule has 4 heteroatoms. The van der Waals surface area contributed by atoms with E-state index in [0.29, 0.717) is 12.1 Å².